The monoisotopic (exact) mass is 328 g/mol. The lowest BCUT2D eigenvalue weighted by Crippen LogP contribution is -2.44. The van der Waals surface area contributed by atoms with Crippen molar-refractivity contribution >= 4 is 5.97 Å². The minimum Gasteiger partial charge on any atom is -0.464 e. The predicted octanol–water partition coefficient (Wildman–Crippen LogP) is 1.68. The van der Waals surface area contributed by atoms with Gasteiger partial charge >= 0.3 is 5.97 Å². The molecule has 1 N–H and O–H groups in total. The third kappa shape index (κ3) is 3.49. The maximum Gasteiger partial charge on any atom is 0.356 e. The fraction of sp³-hybridized carbons (Fsp3) is 0.444. The van der Waals surface area contributed by atoms with Gasteiger partial charge in [-0.3, -0.25) is 10.00 Å². The van der Waals surface area contributed by atoms with E-state index in [0.29, 0.717) is 18.3 Å². The van der Waals surface area contributed by atoms with Gasteiger partial charge in [-0.2, -0.15) is 5.10 Å². The molecular weight excluding hydrogens is 304 g/mol. The first-order chi connectivity index (χ1) is 11.6. The molecule has 6 heteroatoms. The molecule has 1 aromatic heterocycles. The maximum atomic E-state index is 11.7. The summed E-state index contributed by atoms with van der Waals surface area (Å²) in [6.45, 7) is 2.57. The van der Waals surface area contributed by atoms with E-state index >= 15 is 0 Å². The lowest BCUT2D eigenvalue weighted by atomic mass is 9.94. The molecule has 1 aliphatic heterocycles. The van der Waals surface area contributed by atoms with Gasteiger partial charge in [-0.1, -0.05) is 24.3 Å². The van der Waals surface area contributed by atoms with Crippen molar-refractivity contribution in [3.05, 3.63) is 52.8 Å². The molecule has 1 aliphatic rings. The number of fused-ring (bicyclic) bond motifs is 1. The normalized spacial score (nSPS) is 17.8. The molecule has 0 amide bonds. The van der Waals surface area contributed by atoms with Crippen LogP contribution in [0, 0.1) is 0 Å². The molecule has 0 aliphatic carbocycles. The van der Waals surface area contributed by atoms with Crippen LogP contribution >= 0.6 is 0 Å². The highest BCUT2D eigenvalue weighted by Crippen LogP contribution is 2.22. The molecular formula is C18H24N4O2. The van der Waals surface area contributed by atoms with Crippen molar-refractivity contribution in [3.8, 4) is 0 Å². The van der Waals surface area contributed by atoms with Crippen LogP contribution in [0.2, 0.25) is 0 Å². The third-order valence-corrected chi connectivity index (χ3v) is 4.69. The Morgan fingerprint density at radius 3 is 2.92 bits per heavy atom. The van der Waals surface area contributed by atoms with E-state index in [-0.39, 0.29) is 5.97 Å². The van der Waals surface area contributed by atoms with Crippen molar-refractivity contribution in [2.75, 3.05) is 27.7 Å². The van der Waals surface area contributed by atoms with Gasteiger partial charge in [0.2, 0.25) is 0 Å². The number of rotatable bonds is 5. The van der Waals surface area contributed by atoms with Crippen LogP contribution in [-0.2, 0) is 24.2 Å². The van der Waals surface area contributed by atoms with Crippen molar-refractivity contribution in [2.45, 2.75) is 25.6 Å². The van der Waals surface area contributed by atoms with Gasteiger partial charge in [0.05, 0.1) is 13.3 Å². The average Bonchev–Trinajstić information content (AvgIpc) is 3.02. The molecule has 0 bridgehead atoms. The minimum atomic E-state index is -0.375. The van der Waals surface area contributed by atoms with E-state index in [1.165, 1.54) is 18.2 Å². The van der Waals surface area contributed by atoms with Crippen molar-refractivity contribution in [3.63, 3.8) is 0 Å². The first kappa shape index (κ1) is 16.7. The summed E-state index contributed by atoms with van der Waals surface area (Å²) >= 11 is 0. The quantitative estimate of drug-likeness (QED) is 0.846. The number of carbonyl (C=O) groups excluding carboxylic acids is 1. The summed E-state index contributed by atoms with van der Waals surface area (Å²) in [5.41, 5.74) is 4.16. The van der Waals surface area contributed by atoms with Gasteiger partial charge in [-0.05, 0) is 31.6 Å². The number of likely N-dealkylation sites (N-methyl/N-ethyl adjacent to an activating group) is 2. The second kappa shape index (κ2) is 7.15. The Morgan fingerprint density at radius 1 is 1.42 bits per heavy atom. The van der Waals surface area contributed by atoms with E-state index in [9.17, 15) is 4.79 Å². The summed E-state index contributed by atoms with van der Waals surface area (Å²) in [5, 5.41) is 6.70. The molecule has 24 heavy (non-hydrogen) atoms. The van der Waals surface area contributed by atoms with Crippen LogP contribution in [0.15, 0.2) is 30.5 Å². The van der Waals surface area contributed by atoms with Gasteiger partial charge in [0, 0.05) is 31.2 Å². The van der Waals surface area contributed by atoms with Gasteiger partial charge in [0.25, 0.3) is 0 Å². The van der Waals surface area contributed by atoms with Crippen LogP contribution in [0.3, 0.4) is 0 Å². The number of methoxy groups -OCH3 is 1. The van der Waals surface area contributed by atoms with Gasteiger partial charge in [0.15, 0.2) is 0 Å². The predicted molar refractivity (Wildman–Crippen MR) is 91.7 cm³/mol. The second-order valence-corrected chi connectivity index (χ2v) is 6.50. The van der Waals surface area contributed by atoms with Crippen LogP contribution in [0.4, 0.5) is 0 Å². The molecule has 1 atom stereocenters. The van der Waals surface area contributed by atoms with Crippen molar-refractivity contribution in [1.29, 1.82) is 0 Å². The largest absolute Gasteiger partial charge is 0.464 e. The van der Waals surface area contributed by atoms with E-state index in [4.69, 9.17) is 4.74 Å². The topological polar surface area (TPSA) is 61.5 Å². The van der Waals surface area contributed by atoms with Crippen molar-refractivity contribution < 1.29 is 9.53 Å². The van der Waals surface area contributed by atoms with E-state index in [1.807, 2.05) is 0 Å². The smallest absolute Gasteiger partial charge is 0.356 e. The highest BCUT2D eigenvalue weighted by molar-refractivity contribution is 5.88. The number of ether oxygens (including phenoxy) is 1. The highest BCUT2D eigenvalue weighted by atomic mass is 16.5. The van der Waals surface area contributed by atoms with Crippen LogP contribution in [-0.4, -0.2) is 59.8 Å². The van der Waals surface area contributed by atoms with Gasteiger partial charge in [0.1, 0.15) is 5.69 Å². The molecule has 0 saturated heterocycles. The number of aromatic nitrogens is 2. The number of aromatic amines is 1. The minimum absolute atomic E-state index is 0.375. The fourth-order valence-corrected chi connectivity index (χ4v) is 3.35. The highest BCUT2D eigenvalue weighted by Gasteiger charge is 2.24. The van der Waals surface area contributed by atoms with Crippen LogP contribution in [0.1, 0.15) is 27.2 Å². The van der Waals surface area contributed by atoms with Crippen LogP contribution in [0.5, 0.6) is 0 Å². The molecule has 0 spiro atoms. The number of hydrogen-bond acceptors (Lipinski definition) is 5. The number of benzene rings is 1. The molecule has 2 heterocycles. The standard InChI is InChI=1S/C18H24N4O2/c1-21(10-15-9-19-20-17(15)18(23)24-3)12-16-8-13-6-4-5-7-14(13)11-22(16)2/h4-7,9,16H,8,10-12H2,1-3H3,(H,19,20)/t16-/m1/s1. The van der Waals surface area contributed by atoms with Crippen LogP contribution in [0.25, 0.3) is 0 Å². The SMILES string of the molecule is COC(=O)c1[nH]ncc1CN(C)C[C@H]1Cc2ccccc2CN1C. The molecule has 6 nitrogen and oxygen atoms in total. The van der Waals surface area contributed by atoms with Crippen molar-refractivity contribution in [1.82, 2.24) is 20.0 Å². The number of nitrogens with zero attached hydrogens (tertiary/aromatic N) is 3. The summed E-state index contributed by atoms with van der Waals surface area (Å²) < 4.78 is 4.79. The summed E-state index contributed by atoms with van der Waals surface area (Å²) in [5.74, 6) is -0.375. The van der Waals surface area contributed by atoms with Crippen molar-refractivity contribution in [2.24, 2.45) is 0 Å². The molecule has 0 unspecified atom stereocenters. The average molecular weight is 328 g/mol. The lowest BCUT2D eigenvalue weighted by molar-refractivity contribution is 0.0591. The first-order valence-electron chi connectivity index (χ1n) is 8.14. The van der Waals surface area contributed by atoms with E-state index in [2.05, 4.69) is 58.4 Å². The number of nitrogens with one attached hydrogen (secondary N) is 1. The lowest BCUT2D eigenvalue weighted by Gasteiger charge is -2.36. The Morgan fingerprint density at radius 2 is 2.17 bits per heavy atom. The molecule has 0 saturated carbocycles. The fourth-order valence-electron chi connectivity index (χ4n) is 3.35. The van der Waals surface area contributed by atoms with E-state index in [0.717, 1.165) is 25.1 Å². The Kier molecular flexibility index (Phi) is 4.97. The zero-order valence-electron chi connectivity index (χ0n) is 14.5. The van der Waals surface area contributed by atoms with Crippen LogP contribution < -0.4 is 0 Å². The maximum absolute atomic E-state index is 11.7. The Bertz CT molecular complexity index is 713. The molecule has 2 aromatic rings. The van der Waals surface area contributed by atoms with Gasteiger partial charge in [-0.15, -0.1) is 0 Å². The first-order valence-corrected chi connectivity index (χ1v) is 8.14. The number of hydrogen-bond donors (Lipinski definition) is 1. The zero-order valence-corrected chi connectivity index (χ0v) is 14.5. The number of carbonyl (C=O) groups is 1. The molecule has 3 rings (SSSR count). The summed E-state index contributed by atoms with van der Waals surface area (Å²) in [7, 11) is 5.62. The van der Waals surface area contributed by atoms with E-state index in [1.54, 1.807) is 6.20 Å². The molecule has 0 fully saturated rings. The summed E-state index contributed by atoms with van der Waals surface area (Å²) in [4.78, 5) is 16.4. The Hall–Kier alpha value is -2.18. The molecule has 0 radical (unpaired) electrons. The number of H-pyrrole nitrogens is 1. The number of esters is 1. The Labute approximate surface area is 142 Å². The van der Waals surface area contributed by atoms with Gasteiger partial charge in [-0.25, -0.2) is 4.79 Å². The molecule has 128 valence electrons. The Balaban J connectivity index is 1.64. The summed E-state index contributed by atoms with van der Waals surface area (Å²) in [6, 6.07) is 9.10. The van der Waals surface area contributed by atoms with Gasteiger partial charge < -0.3 is 9.64 Å². The third-order valence-electron chi connectivity index (χ3n) is 4.69. The second-order valence-electron chi connectivity index (χ2n) is 6.50. The summed E-state index contributed by atoms with van der Waals surface area (Å²) in [6.07, 6.45) is 2.74. The van der Waals surface area contributed by atoms with E-state index < -0.39 is 0 Å². The molecule has 1 aromatic carbocycles. The zero-order chi connectivity index (χ0) is 17.1.